The van der Waals surface area contributed by atoms with Crippen LogP contribution in [-0.4, -0.2) is 30.9 Å². The molecule has 0 fully saturated rings. The lowest BCUT2D eigenvalue weighted by Gasteiger charge is -2.35. The summed E-state index contributed by atoms with van der Waals surface area (Å²) >= 11 is 0. The van der Waals surface area contributed by atoms with E-state index in [-0.39, 0.29) is 37.5 Å². The van der Waals surface area contributed by atoms with Gasteiger partial charge in [-0.15, -0.1) is 0 Å². The summed E-state index contributed by atoms with van der Waals surface area (Å²) in [5, 5.41) is 5.58. The zero-order chi connectivity index (χ0) is 21.6. The molecule has 1 aromatic heterocycles. The molecule has 2 heterocycles. The molecule has 1 aliphatic heterocycles. The predicted octanol–water partition coefficient (Wildman–Crippen LogP) is 2.66. The number of para-hydroxylation sites is 2. The molecule has 0 unspecified atom stereocenters. The van der Waals surface area contributed by atoms with Gasteiger partial charge in [-0.3, -0.25) is 19.4 Å². The van der Waals surface area contributed by atoms with E-state index in [0.29, 0.717) is 23.7 Å². The van der Waals surface area contributed by atoms with E-state index >= 15 is 0 Å². The lowest BCUT2D eigenvalue weighted by Crippen LogP contribution is -2.53. The van der Waals surface area contributed by atoms with Crippen molar-refractivity contribution in [1.82, 2.24) is 10.6 Å². The first-order valence-electron chi connectivity index (χ1n) is 9.89. The molecule has 8 heteroatoms. The maximum Gasteiger partial charge on any atom is 0.322 e. The second-order valence-corrected chi connectivity index (χ2v) is 7.06. The maximum absolute atomic E-state index is 12.8. The lowest BCUT2D eigenvalue weighted by atomic mass is 10.1. The number of anilines is 2. The minimum atomic E-state index is -0.369. The summed E-state index contributed by atoms with van der Waals surface area (Å²) < 4.78 is 5.20. The van der Waals surface area contributed by atoms with Crippen LogP contribution in [0.5, 0.6) is 0 Å². The van der Waals surface area contributed by atoms with Crippen molar-refractivity contribution in [3.05, 3.63) is 84.3 Å². The third kappa shape index (κ3) is 4.75. The highest BCUT2D eigenvalue weighted by Gasteiger charge is 2.33. The van der Waals surface area contributed by atoms with E-state index in [1.165, 1.54) is 16.1 Å². The summed E-state index contributed by atoms with van der Waals surface area (Å²) in [5.41, 5.74) is 2.05. The molecule has 2 N–H and O–H groups in total. The first-order valence-corrected chi connectivity index (χ1v) is 9.89. The van der Waals surface area contributed by atoms with Gasteiger partial charge in [0.2, 0.25) is 11.8 Å². The van der Waals surface area contributed by atoms with Crippen molar-refractivity contribution < 1.29 is 18.8 Å². The third-order valence-corrected chi connectivity index (χ3v) is 4.93. The number of benzene rings is 2. The fourth-order valence-electron chi connectivity index (χ4n) is 3.38. The van der Waals surface area contributed by atoms with Gasteiger partial charge in [0.25, 0.3) is 0 Å². The second kappa shape index (κ2) is 9.17. The minimum Gasteiger partial charge on any atom is -0.467 e. The predicted molar refractivity (Wildman–Crippen MR) is 115 cm³/mol. The van der Waals surface area contributed by atoms with Crippen LogP contribution in [0.1, 0.15) is 11.3 Å². The Bertz CT molecular complexity index is 1070. The number of furan rings is 1. The average Bonchev–Trinajstić information content (AvgIpc) is 3.32. The van der Waals surface area contributed by atoms with Gasteiger partial charge >= 0.3 is 6.03 Å². The molecule has 0 spiro atoms. The van der Waals surface area contributed by atoms with Gasteiger partial charge in [-0.05, 0) is 29.8 Å². The molecule has 3 aromatic rings. The Morgan fingerprint density at radius 2 is 1.61 bits per heavy atom. The monoisotopic (exact) mass is 418 g/mol. The summed E-state index contributed by atoms with van der Waals surface area (Å²) in [6, 6.07) is 19.7. The van der Waals surface area contributed by atoms with E-state index in [9.17, 15) is 14.4 Å². The highest BCUT2D eigenvalue weighted by Crippen LogP contribution is 2.33. The van der Waals surface area contributed by atoms with Crippen LogP contribution < -0.4 is 20.4 Å². The van der Waals surface area contributed by atoms with Gasteiger partial charge in [0.05, 0.1) is 24.2 Å². The Morgan fingerprint density at radius 3 is 2.35 bits per heavy atom. The van der Waals surface area contributed by atoms with E-state index < -0.39 is 0 Å². The van der Waals surface area contributed by atoms with E-state index in [2.05, 4.69) is 10.6 Å². The summed E-state index contributed by atoms with van der Waals surface area (Å²) in [5.74, 6) is -0.0248. The Hall–Kier alpha value is -4.07. The largest absolute Gasteiger partial charge is 0.467 e. The maximum atomic E-state index is 12.8. The summed E-state index contributed by atoms with van der Waals surface area (Å²) in [4.78, 5) is 40.8. The lowest BCUT2D eigenvalue weighted by molar-refractivity contribution is -0.123. The van der Waals surface area contributed by atoms with Crippen LogP contribution in [0, 0.1) is 0 Å². The quantitative estimate of drug-likeness (QED) is 0.643. The summed E-state index contributed by atoms with van der Waals surface area (Å²) in [6.07, 6.45) is 1.53. The molecular formula is C23H22N4O4. The molecule has 0 atom stereocenters. The molecule has 4 rings (SSSR count). The van der Waals surface area contributed by atoms with Gasteiger partial charge in [0, 0.05) is 6.54 Å². The molecule has 1 aliphatic rings. The van der Waals surface area contributed by atoms with Crippen LogP contribution >= 0.6 is 0 Å². The number of nitrogens with zero attached hydrogens (tertiary/aromatic N) is 2. The highest BCUT2D eigenvalue weighted by atomic mass is 16.3. The van der Waals surface area contributed by atoms with Crippen molar-refractivity contribution in [3.8, 4) is 0 Å². The normalized spacial score (nSPS) is 13.0. The zero-order valence-corrected chi connectivity index (χ0v) is 16.8. The number of carbonyl (C=O) groups is 3. The number of hydrogen-bond donors (Lipinski definition) is 2. The topological polar surface area (TPSA) is 94.9 Å². The Labute approximate surface area is 179 Å². The Morgan fingerprint density at radius 1 is 0.871 bits per heavy atom. The van der Waals surface area contributed by atoms with Crippen LogP contribution in [0.2, 0.25) is 0 Å². The van der Waals surface area contributed by atoms with Crippen molar-refractivity contribution in [3.63, 3.8) is 0 Å². The fraction of sp³-hybridized carbons (Fsp3) is 0.174. The first kappa shape index (κ1) is 20.2. The van der Waals surface area contributed by atoms with Gasteiger partial charge in [0.15, 0.2) is 0 Å². The summed E-state index contributed by atoms with van der Waals surface area (Å²) in [7, 11) is 0. The molecule has 31 heavy (non-hydrogen) atoms. The number of rotatable bonds is 6. The Balaban J connectivity index is 1.44. The molecule has 0 radical (unpaired) electrons. The molecule has 0 saturated carbocycles. The second-order valence-electron chi connectivity index (χ2n) is 7.06. The van der Waals surface area contributed by atoms with E-state index in [0.717, 1.165) is 5.56 Å². The average molecular weight is 418 g/mol. The van der Waals surface area contributed by atoms with Gasteiger partial charge < -0.3 is 15.1 Å². The highest BCUT2D eigenvalue weighted by molar-refractivity contribution is 6.12. The number of urea groups is 1. The molecule has 0 saturated heterocycles. The number of fused-ring (bicyclic) bond motifs is 1. The Kier molecular flexibility index (Phi) is 5.98. The summed E-state index contributed by atoms with van der Waals surface area (Å²) in [6.45, 7) is 0.300. The molecule has 8 nitrogen and oxygen atoms in total. The number of amides is 4. The smallest absolute Gasteiger partial charge is 0.322 e. The van der Waals surface area contributed by atoms with Crippen LogP contribution in [-0.2, 0) is 22.7 Å². The molecule has 2 aromatic carbocycles. The number of hydrogen-bond acceptors (Lipinski definition) is 4. The number of carbonyl (C=O) groups excluding carboxylic acids is 3. The standard InChI is InChI=1S/C23H22N4O4/c28-21(24-14-18-9-6-12-31-18)15-26-19-10-4-5-11-20(19)27(16-22(26)29)23(30)25-13-17-7-2-1-3-8-17/h1-12H,13-16H2,(H,24,28)(H,25,30). The van der Waals surface area contributed by atoms with Crippen molar-refractivity contribution in [2.45, 2.75) is 13.1 Å². The number of nitrogens with one attached hydrogen (secondary N) is 2. The van der Waals surface area contributed by atoms with Crippen molar-refractivity contribution in [2.75, 3.05) is 22.9 Å². The van der Waals surface area contributed by atoms with Crippen LogP contribution in [0.15, 0.2) is 77.4 Å². The van der Waals surface area contributed by atoms with Crippen LogP contribution in [0.4, 0.5) is 16.2 Å². The zero-order valence-electron chi connectivity index (χ0n) is 16.8. The molecule has 0 bridgehead atoms. The third-order valence-electron chi connectivity index (χ3n) is 4.93. The first-order chi connectivity index (χ1) is 15.1. The fourth-order valence-corrected chi connectivity index (χ4v) is 3.38. The molecule has 158 valence electrons. The molecule has 0 aliphatic carbocycles. The van der Waals surface area contributed by atoms with E-state index in [1.54, 1.807) is 36.4 Å². The van der Waals surface area contributed by atoms with Gasteiger partial charge in [-0.1, -0.05) is 42.5 Å². The van der Waals surface area contributed by atoms with Crippen molar-refractivity contribution in [1.29, 1.82) is 0 Å². The van der Waals surface area contributed by atoms with Crippen molar-refractivity contribution >= 4 is 29.2 Å². The van der Waals surface area contributed by atoms with Crippen LogP contribution in [0.3, 0.4) is 0 Å². The van der Waals surface area contributed by atoms with Gasteiger partial charge in [0.1, 0.15) is 18.8 Å². The van der Waals surface area contributed by atoms with E-state index in [1.807, 2.05) is 30.3 Å². The SMILES string of the molecule is O=C(CN1C(=O)CN(C(=O)NCc2ccccc2)c2ccccc21)NCc1ccco1. The minimum absolute atomic E-state index is 0.143. The van der Waals surface area contributed by atoms with E-state index in [4.69, 9.17) is 4.42 Å². The van der Waals surface area contributed by atoms with Gasteiger partial charge in [-0.25, -0.2) is 4.79 Å². The molecule has 4 amide bonds. The van der Waals surface area contributed by atoms with Crippen LogP contribution in [0.25, 0.3) is 0 Å². The van der Waals surface area contributed by atoms with Gasteiger partial charge in [-0.2, -0.15) is 0 Å². The van der Waals surface area contributed by atoms with Crippen molar-refractivity contribution in [2.24, 2.45) is 0 Å². The molecular weight excluding hydrogens is 396 g/mol.